The Morgan fingerprint density at radius 3 is 1.92 bits per heavy atom. The quantitative estimate of drug-likeness (QED) is 0.193. The molecule has 0 aliphatic heterocycles. The molecule has 0 saturated carbocycles. The Labute approximate surface area is 285 Å². The Bertz CT molecular complexity index is 2760. The van der Waals surface area contributed by atoms with E-state index in [1.165, 1.54) is 60.6 Å². The van der Waals surface area contributed by atoms with Gasteiger partial charge in [-0.3, -0.25) is 0 Å². The average molecular weight is 628 g/mol. The van der Waals surface area contributed by atoms with Gasteiger partial charge >= 0.3 is 0 Å². The molecular formula is C47H33NO. The summed E-state index contributed by atoms with van der Waals surface area (Å²) in [5.41, 5.74) is 12.8. The Kier molecular flexibility index (Phi) is 5.95. The molecule has 0 atom stereocenters. The maximum absolute atomic E-state index is 6.48. The molecule has 232 valence electrons. The number of rotatable bonds is 4. The molecule has 1 heterocycles. The van der Waals surface area contributed by atoms with Crippen molar-refractivity contribution in [2.24, 2.45) is 0 Å². The van der Waals surface area contributed by atoms with Gasteiger partial charge in [0.1, 0.15) is 11.2 Å². The van der Waals surface area contributed by atoms with Gasteiger partial charge < -0.3 is 9.32 Å². The Morgan fingerprint density at radius 1 is 0.429 bits per heavy atom. The highest BCUT2D eigenvalue weighted by molar-refractivity contribution is 6.12. The Hall–Kier alpha value is -6.12. The summed E-state index contributed by atoms with van der Waals surface area (Å²) in [5, 5.41) is 7.10. The number of para-hydroxylation sites is 1. The molecular weight excluding hydrogens is 595 g/mol. The molecule has 0 spiro atoms. The SMILES string of the molecule is CC1(C)c2ccccc2-c2c(N(c3ccc4oc5cc6ccccc6cc5c4c3)c3ccccc3-c3cccc4ccccc34)cccc21. The van der Waals surface area contributed by atoms with Gasteiger partial charge in [0, 0.05) is 33.0 Å². The number of nitrogens with zero attached hydrogens (tertiary/aromatic N) is 1. The fourth-order valence-electron chi connectivity index (χ4n) is 8.28. The van der Waals surface area contributed by atoms with Gasteiger partial charge in [-0.2, -0.15) is 0 Å². The second kappa shape index (κ2) is 10.4. The smallest absolute Gasteiger partial charge is 0.136 e. The lowest BCUT2D eigenvalue weighted by atomic mass is 9.82. The minimum atomic E-state index is -0.117. The first-order valence-electron chi connectivity index (χ1n) is 17.0. The summed E-state index contributed by atoms with van der Waals surface area (Å²) in [5.74, 6) is 0. The van der Waals surface area contributed by atoms with Crippen molar-refractivity contribution >= 4 is 60.5 Å². The zero-order chi connectivity index (χ0) is 32.7. The number of fused-ring (bicyclic) bond motifs is 8. The highest BCUT2D eigenvalue weighted by Gasteiger charge is 2.38. The van der Waals surface area contributed by atoms with Crippen LogP contribution in [0, 0.1) is 0 Å². The molecule has 9 aromatic rings. The lowest BCUT2D eigenvalue weighted by Crippen LogP contribution is -2.16. The summed E-state index contributed by atoms with van der Waals surface area (Å²) in [4.78, 5) is 2.48. The molecule has 2 heteroatoms. The van der Waals surface area contributed by atoms with Crippen LogP contribution in [0.25, 0.3) is 65.7 Å². The van der Waals surface area contributed by atoms with E-state index in [9.17, 15) is 0 Å². The van der Waals surface area contributed by atoms with E-state index < -0.39 is 0 Å². The van der Waals surface area contributed by atoms with Gasteiger partial charge in [0.05, 0.1) is 11.4 Å². The summed E-state index contributed by atoms with van der Waals surface area (Å²) < 4.78 is 6.48. The van der Waals surface area contributed by atoms with E-state index in [2.05, 4.69) is 183 Å². The van der Waals surface area contributed by atoms with Crippen LogP contribution in [0.3, 0.4) is 0 Å². The van der Waals surface area contributed by atoms with Gasteiger partial charge in [-0.25, -0.2) is 0 Å². The van der Waals surface area contributed by atoms with Gasteiger partial charge in [0.15, 0.2) is 0 Å². The van der Waals surface area contributed by atoms with Crippen LogP contribution in [-0.4, -0.2) is 0 Å². The van der Waals surface area contributed by atoms with Crippen molar-refractivity contribution in [2.45, 2.75) is 19.3 Å². The number of furan rings is 1. The summed E-state index contributed by atoms with van der Waals surface area (Å²) >= 11 is 0. The number of benzene rings is 8. The van der Waals surface area contributed by atoms with E-state index in [-0.39, 0.29) is 5.41 Å². The van der Waals surface area contributed by atoms with Crippen LogP contribution in [0.15, 0.2) is 168 Å². The highest BCUT2D eigenvalue weighted by Crippen LogP contribution is 2.55. The van der Waals surface area contributed by atoms with Crippen molar-refractivity contribution in [1.29, 1.82) is 0 Å². The first-order chi connectivity index (χ1) is 24.1. The van der Waals surface area contributed by atoms with Crippen LogP contribution in [0.2, 0.25) is 0 Å². The standard InChI is InChI=1S/C47H33NO/c1-47(2)40-21-9-7-19-37(40)46-41(47)22-12-24-43(46)48(42-23-10-8-18-36(42)35-20-11-16-30-13-5-6-17-34(30)35)33-25-26-44-39(29-33)38-27-31-14-3-4-15-32(31)28-45(38)49-44/h3-29H,1-2H3. The normalized spacial score (nSPS) is 13.3. The molecule has 0 bridgehead atoms. The van der Waals surface area contributed by atoms with Crippen molar-refractivity contribution in [3.63, 3.8) is 0 Å². The van der Waals surface area contributed by atoms with Crippen LogP contribution in [0.1, 0.15) is 25.0 Å². The summed E-state index contributed by atoms with van der Waals surface area (Å²) in [6, 6.07) is 59.6. The molecule has 1 aliphatic rings. The first kappa shape index (κ1) is 27.9. The van der Waals surface area contributed by atoms with Crippen LogP contribution in [-0.2, 0) is 5.41 Å². The van der Waals surface area contributed by atoms with E-state index in [1.807, 2.05) is 0 Å². The minimum Gasteiger partial charge on any atom is -0.456 e. The summed E-state index contributed by atoms with van der Waals surface area (Å²) in [7, 11) is 0. The van der Waals surface area contributed by atoms with Crippen molar-refractivity contribution in [2.75, 3.05) is 4.90 Å². The molecule has 10 rings (SSSR count). The first-order valence-corrected chi connectivity index (χ1v) is 17.0. The molecule has 2 nitrogen and oxygen atoms in total. The molecule has 0 fully saturated rings. The van der Waals surface area contributed by atoms with E-state index in [0.29, 0.717) is 0 Å². The third-order valence-corrected chi connectivity index (χ3v) is 10.6. The molecule has 0 amide bonds. The lowest BCUT2D eigenvalue weighted by molar-refractivity contribution is 0.660. The van der Waals surface area contributed by atoms with E-state index in [1.54, 1.807) is 0 Å². The maximum Gasteiger partial charge on any atom is 0.136 e. The molecule has 8 aromatic carbocycles. The van der Waals surface area contributed by atoms with Crippen LogP contribution in [0.4, 0.5) is 17.1 Å². The van der Waals surface area contributed by atoms with Crippen molar-refractivity contribution < 1.29 is 4.42 Å². The lowest BCUT2D eigenvalue weighted by Gasteiger charge is -2.30. The second-order valence-corrected chi connectivity index (χ2v) is 13.7. The van der Waals surface area contributed by atoms with E-state index >= 15 is 0 Å². The third-order valence-electron chi connectivity index (χ3n) is 10.6. The topological polar surface area (TPSA) is 16.4 Å². The monoisotopic (exact) mass is 627 g/mol. The molecule has 0 saturated heterocycles. The maximum atomic E-state index is 6.48. The van der Waals surface area contributed by atoms with Gasteiger partial charge in [0.2, 0.25) is 0 Å². The molecule has 49 heavy (non-hydrogen) atoms. The van der Waals surface area contributed by atoms with E-state index in [0.717, 1.165) is 33.3 Å². The van der Waals surface area contributed by atoms with Crippen molar-refractivity contribution in [3.05, 3.63) is 175 Å². The van der Waals surface area contributed by atoms with Crippen molar-refractivity contribution in [1.82, 2.24) is 0 Å². The number of hydrogen-bond donors (Lipinski definition) is 0. The highest BCUT2D eigenvalue weighted by atomic mass is 16.3. The fraction of sp³-hybridized carbons (Fsp3) is 0.0638. The van der Waals surface area contributed by atoms with Gasteiger partial charge in [0.25, 0.3) is 0 Å². The Morgan fingerprint density at radius 2 is 1.04 bits per heavy atom. The summed E-state index contributed by atoms with van der Waals surface area (Å²) in [6.45, 7) is 4.70. The van der Waals surface area contributed by atoms with Gasteiger partial charge in [-0.1, -0.05) is 135 Å². The molecule has 0 radical (unpaired) electrons. The number of anilines is 3. The van der Waals surface area contributed by atoms with Gasteiger partial charge in [-0.15, -0.1) is 0 Å². The predicted octanol–water partition coefficient (Wildman–Crippen LogP) is 13.3. The number of hydrogen-bond acceptors (Lipinski definition) is 2. The van der Waals surface area contributed by atoms with Crippen LogP contribution in [0.5, 0.6) is 0 Å². The minimum absolute atomic E-state index is 0.117. The predicted molar refractivity (Wildman–Crippen MR) is 206 cm³/mol. The molecule has 0 unspecified atom stereocenters. The third kappa shape index (κ3) is 4.14. The van der Waals surface area contributed by atoms with Crippen LogP contribution < -0.4 is 4.90 Å². The summed E-state index contributed by atoms with van der Waals surface area (Å²) in [6.07, 6.45) is 0. The van der Waals surface area contributed by atoms with Gasteiger partial charge in [-0.05, 0) is 86.3 Å². The van der Waals surface area contributed by atoms with Crippen LogP contribution >= 0.6 is 0 Å². The second-order valence-electron chi connectivity index (χ2n) is 13.7. The zero-order valence-electron chi connectivity index (χ0n) is 27.4. The largest absolute Gasteiger partial charge is 0.456 e. The molecule has 1 aliphatic carbocycles. The Balaban J connectivity index is 1.29. The average Bonchev–Trinajstić information content (AvgIpc) is 3.62. The fourth-order valence-corrected chi connectivity index (χ4v) is 8.28. The van der Waals surface area contributed by atoms with E-state index in [4.69, 9.17) is 4.42 Å². The zero-order valence-corrected chi connectivity index (χ0v) is 27.4. The molecule has 1 aromatic heterocycles. The molecule has 0 N–H and O–H groups in total. The van der Waals surface area contributed by atoms with Crippen molar-refractivity contribution in [3.8, 4) is 22.3 Å².